The zero-order chi connectivity index (χ0) is 15.4. The smallest absolute Gasteiger partial charge is 0.353 e. The summed E-state index contributed by atoms with van der Waals surface area (Å²) >= 11 is 0. The molecule has 0 bridgehead atoms. The molecule has 6 heteroatoms. The maximum absolute atomic E-state index is 14.2. The second-order valence-corrected chi connectivity index (χ2v) is 5.00. The zero-order valence-corrected chi connectivity index (χ0v) is 11.7. The molecular weight excluding hydrogens is 268 g/mol. The number of carbonyl (C=O) groups is 1. The van der Waals surface area contributed by atoms with E-state index in [-0.39, 0.29) is 12.4 Å². The molecule has 20 heavy (non-hydrogen) atoms. The summed E-state index contributed by atoms with van der Waals surface area (Å²) in [5, 5.41) is 11.2. The summed E-state index contributed by atoms with van der Waals surface area (Å²) in [4.78, 5) is 11.8. The van der Waals surface area contributed by atoms with Crippen LogP contribution in [0.4, 0.5) is 8.78 Å². The van der Waals surface area contributed by atoms with Crippen LogP contribution in [-0.2, 0) is 10.7 Å². The molecule has 0 saturated heterocycles. The molecule has 2 N–H and O–H groups in total. The first kappa shape index (κ1) is 16.4. The molecule has 0 heterocycles. The topological polar surface area (TPSA) is 58.6 Å². The normalized spacial score (nSPS) is 12.1. The number of para-hydroxylation sites is 1. The van der Waals surface area contributed by atoms with Gasteiger partial charge in [0.1, 0.15) is 5.75 Å². The number of ether oxygens (including phenoxy) is 1. The van der Waals surface area contributed by atoms with E-state index < -0.39 is 29.5 Å². The predicted molar refractivity (Wildman–Crippen MR) is 70.8 cm³/mol. The van der Waals surface area contributed by atoms with Gasteiger partial charge in [0, 0.05) is 0 Å². The van der Waals surface area contributed by atoms with Crippen LogP contribution in [0.15, 0.2) is 24.3 Å². The summed E-state index contributed by atoms with van der Waals surface area (Å²) in [5.74, 6) is -5.24. The number of hydrogen-bond acceptors (Lipinski definition) is 3. The van der Waals surface area contributed by atoms with Crippen molar-refractivity contribution >= 4 is 5.91 Å². The summed E-state index contributed by atoms with van der Waals surface area (Å²) in [6.45, 7) is 4.35. The number of carbonyl (C=O) groups excluding carboxylic acids is 1. The Morgan fingerprint density at radius 3 is 2.50 bits per heavy atom. The number of rotatable bonds is 6. The van der Waals surface area contributed by atoms with Gasteiger partial charge in [-0.1, -0.05) is 12.1 Å². The molecule has 0 spiro atoms. The lowest BCUT2D eigenvalue weighted by molar-refractivity contribution is -0.149. The predicted octanol–water partition coefficient (Wildman–Crippen LogP) is 2.06. The van der Waals surface area contributed by atoms with E-state index in [4.69, 9.17) is 9.84 Å². The molecule has 0 saturated carbocycles. The van der Waals surface area contributed by atoms with E-state index >= 15 is 0 Å². The average molecular weight is 287 g/mol. The van der Waals surface area contributed by atoms with Crippen molar-refractivity contribution in [2.24, 2.45) is 0 Å². The van der Waals surface area contributed by atoms with Crippen molar-refractivity contribution in [3.8, 4) is 5.75 Å². The number of hydrogen-bond donors (Lipinski definition) is 2. The maximum atomic E-state index is 14.2. The lowest BCUT2D eigenvalue weighted by Crippen LogP contribution is -2.51. The number of aliphatic hydroxyl groups excluding tert-OH is 1. The largest absolute Gasteiger partial charge is 0.493 e. The van der Waals surface area contributed by atoms with Crippen molar-refractivity contribution in [2.45, 2.75) is 32.2 Å². The van der Waals surface area contributed by atoms with E-state index in [0.29, 0.717) is 0 Å². The molecule has 0 aliphatic carbocycles. The lowest BCUT2D eigenvalue weighted by Gasteiger charge is -2.27. The fourth-order valence-corrected chi connectivity index (χ4v) is 1.56. The summed E-state index contributed by atoms with van der Waals surface area (Å²) in [5.41, 5.74) is -1.62. The number of aliphatic hydroxyl groups is 1. The standard InChI is InChI=1S/C14H19F2NO3/c1-4-20-11-8-6-5-7-10(11)14(15,16)12(19)17-13(2,3)9-18/h5-8,18H,4,9H2,1-3H3,(H,17,19). The fourth-order valence-electron chi connectivity index (χ4n) is 1.56. The molecule has 0 aromatic heterocycles. The lowest BCUT2D eigenvalue weighted by atomic mass is 10.0. The Balaban J connectivity index is 3.07. The average Bonchev–Trinajstić information content (AvgIpc) is 2.39. The van der Waals surface area contributed by atoms with Crippen LogP contribution in [0.5, 0.6) is 5.75 Å². The van der Waals surface area contributed by atoms with Crippen molar-refractivity contribution in [3.63, 3.8) is 0 Å². The van der Waals surface area contributed by atoms with Crippen LogP contribution >= 0.6 is 0 Å². The molecule has 0 radical (unpaired) electrons. The Morgan fingerprint density at radius 2 is 1.95 bits per heavy atom. The van der Waals surface area contributed by atoms with Crippen molar-refractivity contribution < 1.29 is 23.4 Å². The van der Waals surface area contributed by atoms with Gasteiger partial charge in [-0.25, -0.2) is 0 Å². The van der Waals surface area contributed by atoms with Gasteiger partial charge < -0.3 is 15.2 Å². The van der Waals surface area contributed by atoms with E-state index in [1.165, 1.54) is 26.0 Å². The molecule has 0 unspecified atom stereocenters. The maximum Gasteiger partial charge on any atom is 0.353 e. The van der Waals surface area contributed by atoms with Crippen LogP contribution in [0.25, 0.3) is 0 Å². The molecule has 0 aliphatic heterocycles. The molecule has 0 atom stereocenters. The van der Waals surface area contributed by atoms with Gasteiger partial charge in [-0.15, -0.1) is 0 Å². The van der Waals surface area contributed by atoms with Gasteiger partial charge in [0.05, 0.1) is 24.3 Å². The van der Waals surface area contributed by atoms with Gasteiger partial charge in [-0.2, -0.15) is 8.78 Å². The highest BCUT2D eigenvalue weighted by molar-refractivity contribution is 5.86. The Kier molecular flexibility index (Phi) is 5.05. The Bertz CT molecular complexity index is 475. The van der Waals surface area contributed by atoms with Gasteiger partial charge in [0.15, 0.2) is 0 Å². The Hall–Kier alpha value is -1.69. The highest BCUT2D eigenvalue weighted by Gasteiger charge is 2.44. The molecule has 1 aromatic carbocycles. The van der Waals surface area contributed by atoms with E-state index in [9.17, 15) is 13.6 Å². The minimum atomic E-state index is -3.74. The zero-order valence-electron chi connectivity index (χ0n) is 11.7. The van der Waals surface area contributed by atoms with Crippen molar-refractivity contribution in [1.82, 2.24) is 5.32 Å². The Morgan fingerprint density at radius 1 is 1.35 bits per heavy atom. The third kappa shape index (κ3) is 3.66. The van der Waals surface area contributed by atoms with Crippen LogP contribution in [0.3, 0.4) is 0 Å². The van der Waals surface area contributed by atoms with Gasteiger partial charge in [-0.3, -0.25) is 4.79 Å². The number of benzene rings is 1. The molecule has 1 rings (SSSR count). The fraction of sp³-hybridized carbons (Fsp3) is 0.500. The van der Waals surface area contributed by atoms with Crippen LogP contribution in [0.1, 0.15) is 26.3 Å². The molecule has 112 valence electrons. The second-order valence-electron chi connectivity index (χ2n) is 5.00. The van der Waals surface area contributed by atoms with Crippen molar-refractivity contribution in [1.29, 1.82) is 0 Å². The SMILES string of the molecule is CCOc1ccccc1C(F)(F)C(=O)NC(C)(C)CO. The number of halogens is 2. The van der Waals surface area contributed by atoms with Crippen LogP contribution in [0, 0.1) is 0 Å². The first-order valence-corrected chi connectivity index (χ1v) is 6.28. The van der Waals surface area contributed by atoms with Crippen LogP contribution in [-0.4, -0.2) is 29.8 Å². The van der Waals surface area contributed by atoms with Gasteiger partial charge in [0.25, 0.3) is 5.91 Å². The minimum absolute atomic E-state index is 0.0306. The Labute approximate surface area is 116 Å². The van der Waals surface area contributed by atoms with Gasteiger partial charge in [-0.05, 0) is 32.9 Å². The summed E-state index contributed by atoms with van der Waals surface area (Å²) < 4.78 is 33.6. The molecular formula is C14H19F2NO3. The first-order valence-electron chi connectivity index (χ1n) is 6.28. The van der Waals surface area contributed by atoms with Crippen molar-refractivity contribution in [3.05, 3.63) is 29.8 Å². The third-order valence-electron chi connectivity index (χ3n) is 2.66. The summed E-state index contributed by atoms with van der Waals surface area (Å²) in [6.07, 6.45) is 0. The first-order chi connectivity index (χ1) is 9.24. The van der Waals surface area contributed by atoms with Crippen LogP contribution in [0.2, 0.25) is 0 Å². The van der Waals surface area contributed by atoms with Gasteiger partial charge >= 0.3 is 5.92 Å². The number of alkyl halides is 2. The highest BCUT2D eigenvalue weighted by Crippen LogP contribution is 2.35. The van der Waals surface area contributed by atoms with Gasteiger partial charge in [0.2, 0.25) is 0 Å². The second kappa shape index (κ2) is 6.17. The molecule has 1 aromatic rings. The molecule has 1 amide bonds. The number of amides is 1. The molecule has 4 nitrogen and oxygen atoms in total. The van der Waals surface area contributed by atoms with E-state index in [2.05, 4.69) is 5.32 Å². The monoisotopic (exact) mass is 287 g/mol. The minimum Gasteiger partial charge on any atom is -0.493 e. The quantitative estimate of drug-likeness (QED) is 0.842. The van der Waals surface area contributed by atoms with Crippen molar-refractivity contribution in [2.75, 3.05) is 13.2 Å². The van der Waals surface area contributed by atoms with E-state index in [1.807, 2.05) is 0 Å². The third-order valence-corrected chi connectivity index (χ3v) is 2.66. The number of nitrogens with one attached hydrogen (secondary N) is 1. The van der Waals surface area contributed by atoms with Crippen LogP contribution < -0.4 is 10.1 Å². The molecule has 0 aliphatic rings. The summed E-state index contributed by atoms with van der Waals surface area (Å²) in [7, 11) is 0. The molecule has 0 fully saturated rings. The van der Waals surface area contributed by atoms with E-state index in [1.54, 1.807) is 13.0 Å². The van der Waals surface area contributed by atoms with E-state index in [0.717, 1.165) is 6.07 Å². The summed E-state index contributed by atoms with van der Waals surface area (Å²) in [6, 6.07) is 5.50. The highest BCUT2D eigenvalue weighted by atomic mass is 19.3.